The topological polar surface area (TPSA) is 35.8 Å². The Kier molecular flexibility index (Phi) is 4.97. The zero-order chi connectivity index (χ0) is 17.6. The van der Waals surface area contributed by atoms with Crippen LogP contribution >= 0.6 is 0 Å². The number of anilines is 2. The molecular formula is C23H20N2. The van der Waals surface area contributed by atoms with Crippen molar-refractivity contribution in [1.29, 1.82) is 5.26 Å². The van der Waals surface area contributed by atoms with Gasteiger partial charge in [0, 0.05) is 11.4 Å². The second-order valence-electron chi connectivity index (χ2n) is 6.13. The molecule has 0 amide bonds. The van der Waals surface area contributed by atoms with Crippen molar-refractivity contribution in [1.82, 2.24) is 0 Å². The van der Waals surface area contributed by atoms with Gasteiger partial charge in [0.25, 0.3) is 0 Å². The first-order valence-electron chi connectivity index (χ1n) is 8.27. The third-order valence-electron chi connectivity index (χ3n) is 4.09. The van der Waals surface area contributed by atoms with E-state index in [1.54, 1.807) is 0 Å². The van der Waals surface area contributed by atoms with Crippen LogP contribution in [0.4, 0.5) is 11.4 Å². The Bertz CT molecular complexity index is 927. The van der Waals surface area contributed by atoms with Gasteiger partial charge in [-0.15, -0.1) is 0 Å². The molecule has 3 aromatic rings. The van der Waals surface area contributed by atoms with E-state index in [4.69, 9.17) is 5.26 Å². The lowest BCUT2D eigenvalue weighted by Gasteiger charge is -2.10. The van der Waals surface area contributed by atoms with E-state index in [9.17, 15) is 0 Å². The molecule has 0 saturated carbocycles. The van der Waals surface area contributed by atoms with Gasteiger partial charge in [-0.3, -0.25) is 0 Å². The SMILES string of the molecule is Cc1ccc(C)c(Nc2ccc(/C=C/c3ccc(C#N)cc3)cc2)c1. The van der Waals surface area contributed by atoms with E-state index in [-0.39, 0.29) is 0 Å². The number of nitriles is 1. The molecule has 1 N–H and O–H groups in total. The van der Waals surface area contributed by atoms with Crippen LogP contribution < -0.4 is 5.32 Å². The van der Waals surface area contributed by atoms with Crippen LogP contribution in [-0.2, 0) is 0 Å². The van der Waals surface area contributed by atoms with Gasteiger partial charge in [-0.25, -0.2) is 0 Å². The van der Waals surface area contributed by atoms with E-state index in [0.29, 0.717) is 5.56 Å². The van der Waals surface area contributed by atoms with Crippen LogP contribution in [0.5, 0.6) is 0 Å². The van der Waals surface area contributed by atoms with Crippen LogP contribution in [-0.4, -0.2) is 0 Å². The van der Waals surface area contributed by atoms with Gasteiger partial charge in [-0.1, -0.05) is 48.6 Å². The Morgan fingerprint density at radius 1 is 0.800 bits per heavy atom. The molecule has 2 heteroatoms. The molecule has 122 valence electrons. The van der Waals surface area contributed by atoms with E-state index in [0.717, 1.165) is 22.5 Å². The van der Waals surface area contributed by atoms with Crippen molar-refractivity contribution < 1.29 is 0 Å². The van der Waals surface area contributed by atoms with Crippen molar-refractivity contribution in [3.05, 3.63) is 94.5 Å². The predicted octanol–water partition coefficient (Wildman–Crippen LogP) is 6.09. The highest BCUT2D eigenvalue weighted by molar-refractivity contribution is 5.72. The summed E-state index contributed by atoms with van der Waals surface area (Å²) in [5.41, 5.74) is 7.59. The lowest BCUT2D eigenvalue weighted by Crippen LogP contribution is -1.93. The van der Waals surface area contributed by atoms with Crippen LogP contribution in [0.15, 0.2) is 66.7 Å². The number of benzene rings is 3. The number of nitrogens with one attached hydrogen (secondary N) is 1. The molecule has 3 aromatic carbocycles. The maximum Gasteiger partial charge on any atom is 0.0991 e. The standard InChI is InChI=1S/C23H20N2/c1-17-3-4-18(2)23(15-17)25-22-13-11-20(12-14-22)6-5-19-7-9-21(16-24)10-8-19/h3-15,25H,1-2H3/b6-5+. The third-order valence-corrected chi connectivity index (χ3v) is 4.09. The summed E-state index contributed by atoms with van der Waals surface area (Å²) in [7, 11) is 0. The van der Waals surface area contributed by atoms with Crippen molar-refractivity contribution in [2.45, 2.75) is 13.8 Å². The molecule has 3 rings (SSSR count). The molecular weight excluding hydrogens is 304 g/mol. The molecule has 0 fully saturated rings. The first-order valence-corrected chi connectivity index (χ1v) is 8.27. The fourth-order valence-corrected chi connectivity index (χ4v) is 2.56. The molecule has 0 saturated heterocycles. The van der Waals surface area contributed by atoms with Crippen molar-refractivity contribution in [2.75, 3.05) is 5.32 Å². The summed E-state index contributed by atoms with van der Waals surface area (Å²) in [6.07, 6.45) is 4.12. The Labute approximate surface area is 149 Å². The lowest BCUT2D eigenvalue weighted by molar-refractivity contribution is 1.38. The molecule has 0 aromatic heterocycles. The minimum atomic E-state index is 0.680. The number of hydrogen-bond acceptors (Lipinski definition) is 2. The van der Waals surface area contributed by atoms with E-state index in [2.05, 4.69) is 73.8 Å². The zero-order valence-electron chi connectivity index (χ0n) is 14.5. The molecule has 0 atom stereocenters. The summed E-state index contributed by atoms with van der Waals surface area (Å²) in [6.45, 7) is 4.21. The lowest BCUT2D eigenvalue weighted by atomic mass is 10.1. The highest BCUT2D eigenvalue weighted by Gasteiger charge is 1.99. The molecule has 0 aliphatic heterocycles. The van der Waals surface area contributed by atoms with E-state index >= 15 is 0 Å². The maximum absolute atomic E-state index is 8.83. The van der Waals surface area contributed by atoms with Gasteiger partial charge >= 0.3 is 0 Å². The summed E-state index contributed by atoms with van der Waals surface area (Å²) in [5.74, 6) is 0. The van der Waals surface area contributed by atoms with Gasteiger partial charge in [0.15, 0.2) is 0 Å². The number of hydrogen-bond donors (Lipinski definition) is 1. The van der Waals surface area contributed by atoms with E-state index < -0.39 is 0 Å². The summed E-state index contributed by atoms with van der Waals surface area (Å²) in [6, 6.07) is 24.5. The van der Waals surface area contributed by atoms with Gasteiger partial charge in [0.1, 0.15) is 0 Å². The zero-order valence-corrected chi connectivity index (χ0v) is 14.5. The molecule has 0 unspecified atom stereocenters. The van der Waals surface area contributed by atoms with Crippen LogP contribution in [0.1, 0.15) is 27.8 Å². The largest absolute Gasteiger partial charge is 0.355 e. The van der Waals surface area contributed by atoms with Crippen LogP contribution in [0.2, 0.25) is 0 Å². The van der Waals surface area contributed by atoms with Crippen molar-refractivity contribution in [2.24, 2.45) is 0 Å². The van der Waals surface area contributed by atoms with E-state index in [1.165, 1.54) is 11.1 Å². The van der Waals surface area contributed by atoms with Crippen molar-refractivity contribution in [3.63, 3.8) is 0 Å². The fraction of sp³-hybridized carbons (Fsp3) is 0.0870. The van der Waals surface area contributed by atoms with Crippen LogP contribution in [0.3, 0.4) is 0 Å². The highest BCUT2D eigenvalue weighted by Crippen LogP contribution is 2.22. The molecule has 0 aliphatic carbocycles. The van der Waals surface area contributed by atoms with Gasteiger partial charge in [-0.2, -0.15) is 5.26 Å². The Hall–Kier alpha value is -3.31. The number of aryl methyl sites for hydroxylation is 2. The Morgan fingerprint density at radius 2 is 1.40 bits per heavy atom. The molecule has 0 aliphatic rings. The second kappa shape index (κ2) is 7.51. The fourth-order valence-electron chi connectivity index (χ4n) is 2.56. The molecule has 2 nitrogen and oxygen atoms in total. The van der Waals surface area contributed by atoms with Gasteiger partial charge in [-0.05, 0) is 66.4 Å². The molecule has 0 heterocycles. The monoisotopic (exact) mass is 324 g/mol. The van der Waals surface area contributed by atoms with E-state index in [1.807, 2.05) is 30.3 Å². The second-order valence-corrected chi connectivity index (χ2v) is 6.13. The minimum absolute atomic E-state index is 0.680. The van der Waals surface area contributed by atoms with Gasteiger partial charge in [0.2, 0.25) is 0 Å². The molecule has 0 spiro atoms. The molecule has 0 radical (unpaired) electrons. The van der Waals surface area contributed by atoms with Crippen molar-refractivity contribution >= 4 is 23.5 Å². The summed E-state index contributed by atoms with van der Waals surface area (Å²) in [5, 5.41) is 12.3. The third kappa shape index (κ3) is 4.37. The van der Waals surface area contributed by atoms with Gasteiger partial charge < -0.3 is 5.32 Å². The summed E-state index contributed by atoms with van der Waals surface area (Å²) >= 11 is 0. The number of rotatable bonds is 4. The average molecular weight is 324 g/mol. The normalized spacial score (nSPS) is 10.6. The average Bonchev–Trinajstić information content (AvgIpc) is 2.64. The maximum atomic E-state index is 8.83. The van der Waals surface area contributed by atoms with Crippen LogP contribution in [0, 0.1) is 25.2 Å². The number of nitrogens with zero attached hydrogens (tertiary/aromatic N) is 1. The smallest absolute Gasteiger partial charge is 0.0991 e. The Morgan fingerprint density at radius 3 is 2.00 bits per heavy atom. The summed E-state index contributed by atoms with van der Waals surface area (Å²) in [4.78, 5) is 0. The quantitative estimate of drug-likeness (QED) is 0.589. The first-order chi connectivity index (χ1) is 12.1. The first kappa shape index (κ1) is 16.5. The predicted molar refractivity (Wildman–Crippen MR) is 106 cm³/mol. The minimum Gasteiger partial charge on any atom is -0.355 e. The van der Waals surface area contributed by atoms with Crippen LogP contribution in [0.25, 0.3) is 12.2 Å². The summed E-state index contributed by atoms with van der Waals surface area (Å²) < 4.78 is 0. The molecule has 0 bridgehead atoms. The highest BCUT2D eigenvalue weighted by atomic mass is 14.9. The molecule has 25 heavy (non-hydrogen) atoms. The Balaban J connectivity index is 1.70. The van der Waals surface area contributed by atoms with Crippen molar-refractivity contribution in [3.8, 4) is 6.07 Å². The van der Waals surface area contributed by atoms with Gasteiger partial charge in [0.05, 0.1) is 11.6 Å².